The smallest absolute Gasteiger partial charge is 0.224 e. The van der Waals surface area contributed by atoms with E-state index in [2.05, 4.69) is 9.97 Å². The average molecular weight is 276 g/mol. The summed E-state index contributed by atoms with van der Waals surface area (Å²) in [4.78, 5) is 10.1. The molecule has 17 heavy (non-hydrogen) atoms. The summed E-state index contributed by atoms with van der Waals surface area (Å²) in [5, 5.41) is 0.186. The highest BCUT2D eigenvalue weighted by molar-refractivity contribution is 7.91. The van der Waals surface area contributed by atoms with Crippen LogP contribution in [0.4, 0.5) is 5.82 Å². The van der Waals surface area contributed by atoms with E-state index >= 15 is 0 Å². The van der Waals surface area contributed by atoms with Crippen LogP contribution in [-0.2, 0) is 9.84 Å². The van der Waals surface area contributed by atoms with E-state index in [0.717, 1.165) is 11.4 Å². The Kier molecular flexibility index (Phi) is 3.27. The number of aryl methyl sites for hydroxylation is 1. The van der Waals surface area contributed by atoms with Crippen molar-refractivity contribution in [1.29, 1.82) is 0 Å². The maximum Gasteiger partial charge on any atom is 0.224 e. The van der Waals surface area contributed by atoms with Gasteiger partial charge in [-0.2, -0.15) is 0 Å². The second-order valence-electron chi connectivity index (χ2n) is 4.30. The molecule has 0 N–H and O–H groups in total. The van der Waals surface area contributed by atoms with E-state index in [-0.39, 0.29) is 22.8 Å². The van der Waals surface area contributed by atoms with Crippen LogP contribution in [0.25, 0.3) is 0 Å². The monoisotopic (exact) mass is 275 g/mol. The first-order chi connectivity index (χ1) is 7.89. The minimum absolute atomic E-state index is 0.0848. The third-order valence-corrected chi connectivity index (χ3v) is 4.83. The van der Waals surface area contributed by atoms with Gasteiger partial charge in [-0.25, -0.2) is 18.4 Å². The fourth-order valence-corrected chi connectivity index (χ4v) is 3.70. The van der Waals surface area contributed by atoms with Crippen LogP contribution in [0.2, 0.25) is 5.28 Å². The molecule has 1 aromatic rings. The van der Waals surface area contributed by atoms with Gasteiger partial charge in [-0.3, -0.25) is 0 Å². The van der Waals surface area contributed by atoms with Crippen molar-refractivity contribution in [2.75, 3.05) is 23.0 Å². The van der Waals surface area contributed by atoms with E-state index in [1.165, 1.54) is 0 Å². The SMILES string of the molecule is Cc1cnc(Cl)nc1N1CCS(=O)(=O)CC1C. The van der Waals surface area contributed by atoms with Crippen LogP contribution in [-0.4, -0.2) is 42.5 Å². The Bertz CT molecular complexity index is 532. The lowest BCUT2D eigenvalue weighted by Crippen LogP contribution is -2.47. The Morgan fingerprint density at radius 3 is 2.88 bits per heavy atom. The molecule has 0 spiro atoms. The molecule has 1 aliphatic heterocycles. The largest absolute Gasteiger partial charge is 0.352 e. The molecular formula is C10H14ClN3O2S. The third kappa shape index (κ3) is 2.69. The zero-order chi connectivity index (χ0) is 12.6. The molecule has 94 valence electrons. The van der Waals surface area contributed by atoms with E-state index in [1.807, 2.05) is 18.7 Å². The lowest BCUT2D eigenvalue weighted by Gasteiger charge is -2.34. The molecule has 1 aromatic heterocycles. The van der Waals surface area contributed by atoms with Gasteiger partial charge in [0.15, 0.2) is 9.84 Å². The highest BCUT2D eigenvalue weighted by Gasteiger charge is 2.29. The minimum Gasteiger partial charge on any atom is -0.352 e. The molecule has 0 aliphatic carbocycles. The molecule has 1 fully saturated rings. The molecule has 0 amide bonds. The van der Waals surface area contributed by atoms with Gasteiger partial charge in [-0.15, -0.1) is 0 Å². The molecule has 0 bridgehead atoms. The molecular weight excluding hydrogens is 262 g/mol. The molecule has 1 unspecified atom stereocenters. The molecule has 2 rings (SSSR count). The summed E-state index contributed by atoms with van der Waals surface area (Å²) < 4.78 is 23.0. The summed E-state index contributed by atoms with van der Waals surface area (Å²) in [5.41, 5.74) is 0.903. The van der Waals surface area contributed by atoms with Gasteiger partial charge in [0, 0.05) is 24.3 Å². The molecule has 1 saturated heterocycles. The average Bonchev–Trinajstić information content (AvgIpc) is 2.21. The van der Waals surface area contributed by atoms with Crippen molar-refractivity contribution in [1.82, 2.24) is 9.97 Å². The van der Waals surface area contributed by atoms with Crippen LogP contribution in [0.15, 0.2) is 6.20 Å². The van der Waals surface area contributed by atoms with Crippen LogP contribution in [0, 0.1) is 6.92 Å². The van der Waals surface area contributed by atoms with E-state index in [0.29, 0.717) is 6.54 Å². The Balaban J connectivity index is 2.32. The van der Waals surface area contributed by atoms with Crippen molar-refractivity contribution in [3.63, 3.8) is 0 Å². The Morgan fingerprint density at radius 2 is 2.24 bits per heavy atom. The Hall–Kier alpha value is -0.880. The van der Waals surface area contributed by atoms with Crippen molar-refractivity contribution >= 4 is 27.3 Å². The molecule has 5 nitrogen and oxygen atoms in total. The van der Waals surface area contributed by atoms with Crippen LogP contribution in [0.3, 0.4) is 0 Å². The molecule has 7 heteroatoms. The highest BCUT2D eigenvalue weighted by atomic mass is 35.5. The topological polar surface area (TPSA) is 63.2 Å². The first kappa shape index (κ1) is 12.6. The Labute approximate surface area is 106 Å². The zero-order valence-electron chi connectivity index (χ0n) is 9.72. The van der Waals surface area contributed by atoms with Gasteiger partial charge in [-0.1, -0.05) is 0 Å². The third-order valence-electron chi connectivity index (χ3n) is 2.86. The van der Waals surface area contributed by atoms with Crippen LogP contribution >= 0.6 is 11.6 Å². The summed E-state index contributed by atoms with van der Waals surface area (Å²) in [7, 11) is -2.91. The highest BCUT2D eigenvalue weighted by Crippen LogP contribution is 2.23. The number of rotatable bonds is 1. The molecule has 0 aromatic carbocycles. The van der Waals surface area contributed by atoms with Gasteiger partial charge in [0.2, 0.25) is 5.28 Å². The van der Waals surface area contributed by atoms with Crippen molar-refractivity contribution in [3.05, 3.63) is 17.0 Å². The molecule has 2 heterocycles. The molecule has 1 aliphatic rings. The number of sulfone groups is 1. The van der Waals surface area contributed by atoms with E-state index in [9.17, 15) is 8.42 Å². The predicted octanol–water partition coefficient (Wildman–Crippen LogP) is 1.06. The number of halogens is 1. The van der Waals surface area contributed by atoms with Gasteiger partial charge in [0.05, 0.1) is 11.5 Å². The molecule has 0 radical (unpaired) electrons. The summed E-state index contributed by atoms with van der Waals surface area (Å²) in [6.07, 6.45) is 1.65. The van der Waals surface area contributed by atoms with Crippen LogP contribution in [0.5, 0.6) is 0 Å². The number of nitrogens with zero attached hydrogens (tertiary/aromatic N) is 3. The molecule has 1 atom stereocenters. The number of hydrogen-bond donors (Lipinski definition) is 0. The second kappa shape index (κ2) is 4.42. The fraction of sp³-hybridized carbons (Fsp3) is 0.600. The standard InChI is InChI=1S/C10H14ClN3O2S/c1-7-5-12-10(11)13-9(7)14-3-4-17(15,16)6-8(14)2/h5,8H,3-4,6H2,1-2H3. The van der Waals surface area contributed by atoms with Crippen molar-refractivity contribution < 1.29 is 8.42 Å². The maximum absolute atomic E-state index is 11.5. The van der Waals surface area contributed by atoms with Gasteiger partial charge in [-0.05, 0) is 25.4 Å². The Morgan fingerprint density at radius 1 is 1.53 bits per heavy atom. The summed E-state index contributed by atoms with van der Waals surface area (Å²) in [5.74, 6) is 1.05. The lowest BCUT2D eigenvalue weighted by molar-refractivity contribution is 0.566. The number of anilines is 1. The summed E-state index contributed by atoms with van der Waals surface area (Å²) in [6, 6.07) is -0.0848. The van der Waals surface area contributed by atoms with Gasteiger partial charge in [0.1, 0.15) is 5.82 Å². The molecule has 0 saturated carbocycles. The summed E-state index contributed by atoms with van der Waals surface area (Å²) in [6.45, 7) is 4.23. The van der Waals surface area contributed by atoms with E-state index < -0.39 is 9.84 Å². The zero-order valence-corrected chi connectivity index (χ0v) is 11.3. The van der Waals surface area contributed by atoms with Crippen LogP contribution in [0.1, 0.15) is 12.5 Å². The van der Waals surface area contributed by atoms with Crippen LogP contribution < -0.4 is 4.90 Å². The first-order valence-corrected chi connectivity index (χ1v) is 7.55. The second-order valence-corrected chi connectivity index (χ2v) is 6.87. The number of hydrogen-bond acceptors (Lipinski definition) is 5. The number of aromatic nitrogens is 2. The first-order valence-electron chi connectivity index (χ1n) is 5.35. The van der Waals surface area contributed by atoms with Crippen molar-refractivity contribution in [2.24, 2.45) is 0 Å². The van der Waals surface area contributed by atoms with E-state index in [4.69, 9.17) is 11.6 Å². The van der Waals surface area contributed by atoms with Crippen molar-refractivity contribution in [3.8, 4) is 0 Å². The quantitative estimate of drug-likeness (QED) is 0.717. The summed E-state index contributed by atoms with van der Waals surface area (Å²) >= 11 is 5.77. The van der Waals surface area contributed by atoms with Gasteiger partial charge < -0.3 is 4.90 Å². The van der Waals surface area contributed by atoms with Gasteiger partial charge >= 0.3 is 0 Å². The normalized spacial score (nSPS) is 23.7. The van der Waals surface area contributed by atoms with Gasteiger partial charge in [0.25, 0.3) is 0 Å². The minimum atomic E-state index is -2.91. The van der Waals surface area contributed by atoms with Crippen molar-refractivity contribution in [2.45, 2.75) is 19.9 Å². The predicted molar refractivity (Wildman–Crippen MR) is 67.2 cm³/mol. The lowest BCUT2D eigenvalue weighted by atomic mass is 10.2. The fourth-order valence-electron chi connectivity index (χ4n) is 2.02. The van der Waals surface area contributed by atoms with E-state index in [1.54, 1.807) is 6.20 Å². The maximum atomic E-state index is 11.5.